The summed E-state index contributed by atoms with van der Waals surface area (Å²) < 4.78 is 0.945. The number of thioether (sulfide) groups is 1. The minimum absolute atomic E-state index is 0.0511. The molecular weight excluding hydrogens is 276 g/mol. The highest BCUT2D eigenvalue weighted by Gasteiger charge is 2.10. The quantitative estimate of drug-likeness (QED) is 0.452. The molecule has 0 aliphatic carbocycles. The van der Waals surface area contributed by atoms with Gasteiger partial charge in [0.2, 0.25) is 0 Å². The van der Waals surface area contributed by atoms with Crippen molar-refractivity contribution in [1.82, 2.24) is 0 Å². The van der Waals surface area contributed by atoms with Gasteiger partial charge < -0.3 is 10.8 Å². The molecule has 0 heterocycles. The fraction of sp³-hybridized carbons (Fsp3) is 0.300. The summed E-state index contributed by atoms with van der Waals surface area (Å²) in [7, 11) is 0. The first-order valence-corrected chi connectivity index (χ1v) is 6.13. The molecule has 1 atom stereocenters. The predicted octanol–water partition coefficient (Wildman–Crippen LogP) is 2.21. The molecule has 1 rings (SSSR count). The largest absolute Gasteiger partial charge is 0.395 e. The summed E-state index contributed by atoms with van der Waals surface area (Å²) in [4.78, 5) is 0.915. The van der Waals surface area contributed by atoms with Gasteiger partial charge in [0.05, 0.1) is 6.61 Å². The lowest BCUT2D eigenvalue weighted by molar-refractivity contribution is 0.300. The maximum Gasteiger partial charge on any atom is 0.123 e. The summed E-state index contributed by atoms with van der Waals surface area (Å²) in [5, 5.41) is 16.5. The molecule has 82 valence electrons. The Morgan fingerprint density at radius 3 is 2.87 bits per heavy atom. The molecule has 0 aromatic heterocycles. The van der Waals surface area contributed by atoms with E-state index in [0.29, 0.717) is 5.56 Å². The Labute approximate surface area is 102 Å². The summed E-state index contributed by atoms with van der Waals surface area (Å²) in [5.74, 6) is 0.0511. The number of nitrogens with two attached hydrogens (primary N) is 1. The van der Waals surface area contributed by atoms with Crippen LogP contribution in [0.1, 0.15) is 12.5 Å². The highest BCUT2D eigenvalue weighted by molar-refractivity contribution is 9.10. The smallest absolute Gasteiger partial charge is 0.123 e. The van der Waals surface area contributed by atoms with Crippen molar-refractivity contribution in [3.05, 3.63) is 28.2 Å². The third kappa shape index (κ3) is 3.52. The molecule has 1 aromatic rings. The number of amidine groups is 1. The highest BCUT2D eigenvalue weighted by Crippen LogP contribution is 2.29. The van der Waals surface area contributed by atoms with E-state index >= 15 is 0 Å². The molecule has 0 bridgehead atoms. The van der Waals surface area contributed by atoms with Crippen LogP contribution in [0.25, 0.3) is 0 Å². The molecule has 4 N–H and O–H groups in total. The van der Waals surface area contributed by atoms with Gasteiger partial charge in [0.25, 0.3) is 0 Å². The van der Waals surface area contributed by atoms with Gasteiger partial charge in [0, 0.05) is 20.2 Å². The number of hydrogen-bond donors (Lipinski definition) is 3. The van der Waals surface area contributed by atoms with E-state index in [4.69, 9.17) is 16.2 Å². The second-order valence-electron chi connectivity index (χ2n) is 3.17. The second kappa shape index (κ2) is 5.53. The minimum atomic E-state index is 0.0511. The van der Waals surface area contributed by atoms with Crippen LogP contribution < -0.4 is 5.73 Å². The third-order valence-electron chi connectivity index (χ3n) is 1.82. The maximum absolute atomic E-state index is 8.98. The van der Waals surface area contributed by atoms with Crippen molar-refractivity contribution < 1.29 is 5.11 Å². The highest BCUT2D eigenvalue weighted by atomic mass is 79.9. The Bertz CT molecular complexity index is 370. The number of hydrogen-bond acceptors (Lipinski definition) is 3. The molecule has 1 unspecified atom stereocenters. The van der Waals surface area contributed by atoms with Crippen molar-refractivity contribution in [3.8, 4) is 0 Å². The monoisotopic (exact) mass is 288 g/mol. The summed E-state index contributed by atoms with van der Waals surface area (Å²) >= 11 is 4.88. The van der Waals surface area contributed by atoms with E-state index in [-0.39, 0.29) is 17.7 Å². The van der Waals surface area contributed by atoms with Gasteiger partial charge in [-0.25, -0.2) is 0 Å². The van der Waals surface area contributed by atoms with Gasteiger partial charge in [0.15, 0.2) is 0 Å². The molecule has 0 radical (unpaired) electrons. The van der Waals surface area contributed by atoms with Crippen LogP contribution in [-0.2, 0) is 0 Å². The number of nitrogen functional groups attached to an aromatic ring is 1. The van der Waals surface area contributed by atoms with Crippen LogP contribution >= 0.6 is 27.7 Å². The first-order valence-electron chi connectivity index (χ1n) is 4.46. The van der Waals surface area contributed by atoms with Crippen molar-refractivity contribution in [2.24, 2.45) is 5.73 Å². The van der Waals surface area contributed by atoms with Gasteiger partial charge >= 0.3 is 0 Å². The summed E-state index contributed by atoms with van der Waals surface area (Å²) in [6.45, 7) is 2.03. The Hall–Kier alpha value is -0.520. The maximum atomic E-state index is 8.98. The van der Waals surface area contributed by atoms with Crippen molar-refractivity contribution in [1.29, 1.82) is 5.41 Å². The molecule has 0 aliphatic heterocycles. The Balaban J connectivity index is 3.02. The number of benzene rings is 1. The Morgan fingerprint density at radius 1 is 1.67 bits per heavy atom. The van der Waals surface area contributed by atoms with Gasteiger partial charge in [0.1, 0.15) is 5.84 Å². The summed E-state index contributed by atoms with van der Waals surface area (Å²) in [5.41, 5.74) is 6.19. The van der Waals surface area contributed by atoms with Crippen LogP contribution in [-0.4, -0.2) is 22.8 Å². The van der Waals surface area contributed by atoms with Crippen LogP contribution in [0.15, 0.2) is 27.6 Å². The molecule has 0 fully saturated rings. The van der Waals surface area contributed by atoms with E-state index in [0.717, 1.165) is 9.37 Å². The molecule has 5 heteroatoms. The fourth-order valence-electron chi connectivity index (χ4n) is 1.07. The molecule has 15 heavy (non-hydrogen) atoms. The fourth-order valence-corrected chi connectivity index (χ4v) is 2.59. The zero-order chi connectivity index (χ0) is 11.4. The average molecular weight is 289 g/mol. The molecule has 0 amide bonds. The van der Waals surface area contributed by atoms with E-state index in [1.165, 1.54) is 11.8 Å². The lowest BCUT2D eigenvalue weighted by Crippen LogP contribution is -2.13. The van der Waals surface area contributed by atoms with E-state index in [1.54, 1.807) is 6.07 Å². The molecule has 0 spiro atoms. The first-order chi connectivity index (χ1) is 7.04. The van der Waals surface area contributed by atoms with E-state index in [2.05, 4.69) is 15.9 Å². The third-order valence-corrected chi connectivity index (χ3v) is 3.46. The molecule has 0 aliphatic rings. The number of rotatable bonds is 4. The number of nitrogens with one attached hydrogen (secondary N) is 1. The van der Waals surface area contributed by atoms with Crippen LogP contribution in [0.5, 0.6) is 0 Å². The van der Waals surface area contributed by atoms with Gasteiger partial charge in [-0.2, -0.15) is 0 Å². The standard InChI is InChI=1S/C10H13BrN2OS/c1-6(5-14)15-9-4-7(11)2-3-8(9)10(12)13/h2-4,6,14H,5H2,1H3,(H3,12,13). The molecule has 3 nitrogen and oxygen atoms in total. The number of aliphatic hydroxyl groups excluding tert-OH is 1. The number of halogens is 1. The summed E-state index contributed by atoms with van der Waals surface area (Å²) in [6.07, 6.45) is 0. The van der Waals surface area contributed by atoms with Crippen molar-refractivity contribution in [3.63, 3.8) is 0 Å². The number of aliphatic hydroxyl groups is 1. The lowest BCUT2D eigenvalue weighted by Gasteiger charge is -2.12. The SMILES string of the molecule is CC(CO)Sc1cc(Br)ccc1C(=N)N. The average Bonchev–Trinajstić information content (AvgIpc) is 2.17. The lowest BCUT2D eigenvalue weighted by atomic mass is 10.2. The zero-order valence-corrected chi connectivity index (χ0v) is 10.7. The van der Waals surface area contributed by atoms with Gasteiger partial charge in [-0.15, -0.1) is 11.8 Å². The van der Waals surface area contributed by atoms with Crippen molar-refractivity contribution in [2.75, 3.05) is 6.61 Å². The van der Waals surface area contributed by atoms with E-state index in [1.807, 2.05) is 19.1 Å². The topological polar surface area (TPSA) is 70.1 Å². The first kappa shape index (κ1) is 12.5. The van der Waals surface area contributed by atoms with Crippen LogP contribution in [0, 0.1) is 5.41 Å². The van der Waals surface area contributed by atoms with Crippen molar-refractivity contribution >= 4 is 33.5 Å². The van der Waals surface area contributed by atoms with Crippen LogP contribution in [0.4, 0.5) is 0 Å². The van der Waals surface area contributed by atoms with E-state index < -0.39 is 0 Å². The second-order valence-corrected chi connectivity index (χ2v) is 5.56. The molecular formula is C10H13BrN2OS. The molecule has 0 saturated carbocycles. The Kier molecular flexibility index (Phi) is 4.63. The molecule has 1 aromatic carbocycles. The summed E-state index contributed by atoms with van der Waals surface area (Å²) in [6, 6.07) is 5.57. The predicted molar refractivity (Wildman–Crippen MR) is 67.6 cm³/mol. The van der Waals surface area contributed by atoms with Crippen LogP contribution in [0.3, 0.4) is 0 Å². The van der Waals surface area contributed by atoms with Gasteiger partial charge in [-0.1, -0.05) is 22.9 Å². The minimum Gasteiger partial charge on any atom is -0.395 e. The van der Waals surface area contributed by atoms with Crippen molar-refractivity contribution in [2.45, 2.75) is 17.1 Å². The Morgan fingerprint density at radius 2 is 2.33 bits per heavy atom. The van der Waals surface area contributed by atoms with Crippen LogP contribution in [0.2, 0.25) is 0 Å². The molecule has 0 saturated heterocycles. The van der Waals surface area contributed by atoms with Gasteiger partial charge in [-0.3, -0.25) is 5.41 Å². The van der Waals surface area contributed by atoms with Gasteiger partial charge in [-0.05, 0) is 18.2 Å². The normalized spacial score (nSPS) is 12.5. The zero-order valence-electron chi connectivity index (χ0n) is 8.33. The van der Waals surface area contributed by atoms with E-state index in [9.17, 15) is 0 Å².